The maximum Gasteiger partial charge on any atom is 0.0494 e. The zero-order valence-corrected chi connectivity index (χ0v) is 10.6. The molecule has 0 bridgehead atoms. The maximum atomic E-state index is 5.96. The first kappa shape index (κ1) is 12.4. The summed E-state index contributed by atoms with van der Waals surface area (Å²) < 4.78 is 0. The van der Waals surface area contributed by atoms with E-state index in [-0.39, 0.29) is 0 Å². The quantitative estimate of drug-likeness (QED) is 0.686. The summed E-state index contributed by atoms with van der Waals surface area (Å²) in [5, 5.41) is 0. The summed E-state index contributed by atoms with van der Waals surface area (Å²) in [4.78, 5) is 2.29. The second kappa shape index (κ2) is 6.02. The van der Waals surface area contributed by atoms with Crippen molar-refractivity contribution in [3.05, 3.63) is 29.3 Å². The topological polar surface area (TPSA) is 3.24 Å². The molecule has 1 rings (SSSR count). The van der Waals surface area contributed by atoms with Gasteiger partial charge in [0.25, 0.3) is 0 Å². The van der Waals surface area contributed by atoms with Gasteiger partial charge in [0.15, 0.2) is 0 Å². The molecule has 2 heteroatoms. The first-order valence-corrected chi connectivity index (χ1v) is 6.09. The number of hydrogen-bond donors (Lipinski definition) is 0. The average Bonchev–Trinajstić information content (AvgIpc) is 2.25. The highest BCUT2D eigenvalue weighted by atomic mass is 35.5. The first-order valence-electron chi connectivity index (χ1n) is 5.55. The molecule has 0 aliphatic heterocycles. The number of rotatable bonds is 5. The fourth-order valence-electron chi connectivity index (χ4n) is 1.71. The third kappa shape index (κ3) is 3.42. The molecule has 1 nitrogen and oxygen atoms in total. The van der Waals surface area contributed by atoms with Crippen LogP contribution in [0.3, 0.4) is 0 Å². The van der Waals surface area contributed by atoms with E-state index >= 15 is 0 Å². The highest BCUT2D eigenvalue weighted by Gasteiger charge is 2.06. The molecular formula is C13H20ClN. The number of alkyl halides is 1. The van der Waals surface area contributed by atoms with E-state index < -0.39 is 0 Å². The molecule has 0 saturated carbocycles. The number of hydrogen-bond acceptors (Lipinski definition) is 1. The van der Waals surface area contributed by atoms with E-state index in [4.69, 9.17) is 11.6 Å². The Bertz CT molecular complexity index is 309. The molecule has 0 radical (unpaired) electrons. The van der Waals surface area contributed by atoms with Gasteiger partial charge in [0.2, 0.25) is 0 Å². The molecule has 0 aliphatic carbocycles. The first-order chi connectivity index (χ1) is 7.19. The Morgan fingerprint density at radius 1 is 1.33 bits per heavy atom. The lowest BCUT2D eigenvalue weighted by molar-refractivity contribution is 0.765. The SMILES string of the molecule is CCCCN(C)c1ccc(C)cc1CCl. The van der Waals surface area contributed by atoms with Crippen LogP contribution in [0.15, 0.2) is 18.2 Å². The third-order valence-electron chi connectivity index (χ3n) is 2.64. The Kier molecular flexibility index (Phi) is 4.97. The molecule has 0 aliphatic rings. The van der Waals surface area contributed by atoms with Gasteiger partial charge in [-0.1, -0.05) is 31.0 Å². The van der Waals surface area contributed by atoms with Crippen LogP contribution in [0.2, 0.25) is 0 Å². The normalized spacial score (nSPS) is 10.4. The molecule has 1 aromatic carbocycles. The van der Waals surface area contributed by atoms with Crippen LogP contribution in [-0.2, 0) is 5.88 Å². The number of nitrogens with zero attached hydrogens (tertiary/aromatic N) is 1. The zero-order valence-electron chi connectivity index (χ0n) is 9.89. The predicted octanol–water partition coefficient (Wildman–Crippen LogP) is 3.97. The minimum Gasteiger partial charge on any atom is -0.374 e. The van der Waals surface area contributed by atoms with Gasteiger partial charge in [-0.15, -0.1) is 11.6 Å². The second-order valence-electron chi connectivity index (χ2n) is 4.04. The Balaban J connectivity index is 2.82. The van der Waals surface area contributed by atoms with Crippen LogP contribution in [0.5, 0.6) is 0 Å². The lowest BCUT2D eigenvalue weighted by Gasteiger charge is -2.22. The number of unbranched alkanes of at least 4 members (excludes halogenated alkanes) is 1. The van der Waals surface area contributed by atoms with E-state index in [0.717, 1.165) is 6.54 Å². The van der Waals surface area contributed by atoms with Gasteiger partial charge < -0.3 is 4.90 Å². The van der Waals surface area contributed by atoms with Crippen molar-refractivity contribution in [1.82, 2.24) is 0 Å². The van der Waals surface area contributed by atoms with Crippen LogP contribution < -0.4 is 4.90 Å². The molecule has 0 amide bonds. The Hall–Kier alpha value is -0.690. The Labute approximate surface area is 98.0 Å². The van der Waals surface area contributed by atoms with E-state index in [0.29, 0.717) is 5.88 Å². The lowest BCUT2D eigenvalue weighted by atomic mass is 10.1. The van der Waals surface area contributed by atoms with Gasteiger partial charge in [-0.25, -0.2) is 0 Å². The average molecular weight is 226 g/mol. The van der Waals surface area contributed by atoms with Crippen molar-refractivity contribution in [1.29, 1.82) is 0 Å². The van der Waals surface area contributed by atoms with Crippen LogP contribution in [0.1, 0.15) is 30.9 Å². The number of anilines is 1. The summed E-state index contributed by atoms with van der Waals surface area (Å²) in [5.74, 6) is 0.591. The predicted molar refractivity (Wildman–Crippen MR) is 68.9 cm³/mol. The number of benzene rings is 1. The van der Waals surface area contributed by atoms with Gasteiger partial charge in [-0.05, 0) is 25.0 Å². The van der Waals surface area contributed by atoms with Crippen molar-refractivity contribution in [3.63, 3.8) is 0 Å². The summed E-state index contributed by atoms with van der Waals surface area (Å²) in [7, 11) is 2.14. The summed E-state index contributed by atoms with van der Waals surface area (Å²) in [6, 6.07) is 6.49. The fraction of sp³-hybridized carbons (Fsp3) is 0.538. The van der Waals surface area contributed by atoms with E-state index in [9.17, 15) is 0 Å². The molecule has 0 spiro atoms. The van der Waals surface area contributed by atoms with Gasteiger partial charge in [0.1, 0.15) is 0 Å². The summed E-state index contributed by atoms with van der Waals surface area (Å²) in [6.45, 7) is 5.42. The molecule has 15 heavy (non-hydrogen) atoms. The van der Waals surface area contributed by atoms with Crippen LogP contribution in [0.4, 0.5) is 5.69 Å². The van der Waals surface area contributed by atoms with Gasteiger partial charge >= 0.3 is 0 Å². The molecule has 0 saturated heterocycles. The standard InChI is InChI=1S/C13H20ClN/c1-4-5-8-15(3)13-7-6-11(2)9-12(13)10-14/h6-7,9H,4-5,8,10H2,1-3H3. The molecule has 0 unspecified atom stereocenters. The summed E-state index contributed by atoms with van der Waals surface area (Å²) in [5.41, 5.74) is 3.78. The molecule has 84 valence electrons. The van der Waals surface area contributed by atoms with Crippen molar-refractivity contribution in [2.45, 2.75) is 32.6 Å². The highest BCUT2D eigenvalue weighted by molar-refractivity contribution is 6.17. The Morgan fingerprint density at radius 3 is 2.67 bits per heavy atom. The molecule has 0 fully saturated rings. The van der Waals surface area contributed by atoms with Crippen LogP contribution in [-0.4, -0.2) is 13.6 Å². The van der Waals surface area contributed by atoms with Gasteiger partial charge in [-0.2, -0.15) is 0 Å². The number of aryl methyl sites for hydroxylation is 1. The zero-order chi connectivity index (χ0) is 11.3. The Morgan fingerprint density at radius 2 is 2.07 bits per heavy atom. The molecule has 0 aromatic heterocycles. The van der Waals surface area contributed by atoms with Crippen molar-refractivity contribution >= 4 is 17.3 Å². The van der Waals surface area contributed by atoms with Crippen LogP contribution >= 0.6 is 11.6 Å². The van der Waals surface area contributed by atoms with Crippen molar-refractivity contribution < 1.29 is 0 Å². The van der Waals surface area contributed by atoms with Crippen molar-refractivity contribution in [2.24, 2.45) is 0 Å². The van der Waals surface area contributed by atoms with Gasteiger partial charge in [0.05, 0.1) is 0 Å². The van der Waals surface area contributed by atoms with Gasteiger partial charge in [-0.3, -0.25) is 0 Å². The molecule has 1 aromatic rings. The van der Waals surface area contributed by atoms with Gasteiger partial charge in [0, 0.05) is 25.2 Å². The van der Waals surface area contributed by atoms with Crippen LogP contribution in [0.25, 0.3) is 0 Å². The monoisotopic (exact) mass is 225 g/mol. The number of halogens is 1. The van der Waals surface area contributed by atoms with Crippen molar-refractivity contribution in [3.8, 4) is 0 Å². The summed E-state index contributed by atoms with van der Waals surface area (Å²) >= 11 is 5.96. The molecule has 0 atom stereocenters. The largest absolute Gasteiger partial charge is 0.374 e. The molecular weight excluding hydrogens is 206 g/mol. The summed E-state index contributed by atoms with van der Waals surface area (Å²) in [6.07, 6.45) is 2.46. The van der Waals surface area contributed by atoms with E-state index in [1.165, 1.54) is 29.7 Å². The molecule has 0 N–H and O–H groups in total. The lowest BCUT2D eigenvalue weighted by Crippen LogP contribution is -2.19. The minimum absolute atomic E-state index is 0.591. The van der Waals surface area contributed by atoms with Crippen LogP contribution in [0, 0.1) is 6.92 Å². The van der Waals surface area contributed by atoms with E-state index in [2.05, 4.69) is 44.0 Å². The third-order valence-corrected chi connectivity index (χ3v) is 2.93. The van der Waals surface area contributed by atoms with E-state index in [1.807, 2.05) is 0 Å². The fourth-order valence-corrected chi connectivity index (χ4v) is 1.92. The maximum absolute atomic E-state index is 5.96. The minimum atomic E-state index is 0.591. The smallest absolute Gasteiger partial charge is 0.0494 e. The highest BCUT2D eigenvalue weighted by Crippen LogP contribution is 2.22. The van der Waals surface area contributed by atoms with E-state index in [1.54, 1.807) is 0 Å². The molecule has 0 heterocycles. The van der Waals surface area contributed by atoms with Crippen molar-refractivity contribution in [2.75, 3.05) is 18.5 Å². The second-order valence-corrected chi connectivity index (χ2v) is 4.31.